The van der Waals surface area contributed by atoms with Crippen molar-refractivity contribution in [3.8, 4) is 6.07 Å². The first kappa shape index (κ1) is 25.8. The van der Waals surface area contributed by atoms with E-state index in [4.69, 9.17) is 5.26 Å². The second-order valence-corrected chi connectivity index (χ2v) is 3.52. The molecule has 0 fully saturated rings. The number of hydrogen-bond donors (Lipinski definition) is 0. The van der Waals surface area contributed by atoms with E-state index in [9.17, 15) is 17.8 Å². The van der Waals surface area contributed by atoms with Crippen LogP contribution in [0.5, 0.6) is 0 Å². The average molecular weight is 283 g/mol. The van der Waals surface area contributed by atoms with Crippen LogP contribution in [0.1, 0.15) is 0 Å². The molecule has 0 aromatic rings. The minimum absolute atomic E-state index is 0. The summed E-state index contributed by atoms with van der Waals surface area (Å²) in [6.07, 6.45) is 3.35. The van der Waals surface area contributed by atoms with Crippen molar-refractivity contribution in [2.24, 2.45) is 0 Å². The van der Waals surface area contributed by atoms with E-state index >= 15 is 0 Å². The standard InChI is InChI=1S/C4H6O2.C3H3N.C3H6O3S.Na/c1-3-4(5)6-2;1-2-3-4;1-2-3-7(4,5)6;/h3H,1H2,2H3;2H,1H2;2H,1,3H2,(H,4,5,6);/q;;;+1/p-1. The van der Waals surface area contributed by atoms with E-state index in [1.54, 1.807) is 6.07 Å². The zero-order valence-corrected chi connectivity index (χ0v) is 13.3. The van der Waals surface area contributed by atoms with Crippen molar-refractivity contribution in [3.05, 3.63) is 38.0 Å². The Morgan fingerprint density at radius 2 is 1.83 bits per heavy atom. The van der Waals surface area contributed by atoms with Crippen LogP contribution in [0.3, 0.4) is 0 Å². The second-order valence-electron chi connectivity index (χ2n) is 2.07. The third-order valence-electron chi connectivity index (χ3n) is 0.781. The summed E-state index contributed by atoms with van der Waals surface area (Å²) in [5.74, 6) is -0.873. The van der Waals surface area contributed by atoms with E-state index in [1.165, 1.54) is 13.2 Å². The van der Waals surface area contributed by atoms with Gasteiger partial charge in [-0.15, -0.1) is 6.58 Å². The Bertz CT molecular complexity index is 384. The van der Waals surface area contributed by atoms with Crippen LogP contribution in [0.2, 0.25) is 0 Å². The molecule has 0 aromatic carbocycles. The number of esters is 1. The summed E-state index contributed by atoms with van der Waals surface area (Å²) in [6.45, 7) is 9.34. The normalized spacial score (nSPS) is 7.39. The molecule has 0 unspecified atom stereocenters. The van der Waals surface area contributed by atoms with Gasteiger partial charge in [0.15, 0.2) is 0 Å². The first-order chi connectivity index (χ1) is 7.78. The Balaban J connectivity index is -0.0000000823. The zero-order valence-electron chi connectivity index (χ0n) is 10.5. The van der Waals surface area contributed by atoms with Crippen LogP contribution in [0.25, 0.3) is 0 Å². The molecule has 0 aliphatic carbocycles. The number of allylic oxidation sites excluding steroid dienone is 1. The van der Waals surface area contributed by atoms with Crippen molar-refractivity contribution in [1.82, 2.24) is 0 Å². The monoisotopic (exact) mass is 283 g/mol. The SMILES string of the molecule is C=CC#N.C=CC(=O)OC.C=CCS(=O)(=O)[O-].[Na+]. The predicted octanol–water partition coefficient (Wildman–Crippen LogP) is -2.24. The van der Waals surface area contributed by atoms with Crippen molar-refractivity contribution >= 4 is 16.1 Å². The predicted molar refractivity (Wildman–Crippen MR) is 62.8 cm³/mol. The minimum atomic E-state index is -4.04. The molecule has 0 spiro atoms. The summed E-state index contributed by atoms with van der Waals surface area (Å²) >= 11 is 0. The molecule has 96 valence electrons. The molecule has 0 rings (SSSR count). The van der Waals surface area contributed by atoms with Gasteiger partial charge in [0.25, 0.3) is 0 Å². The van der Waals surface area contributed by atoms with Crippen LogP contribution in [-0.4, -0.2) is 31.8 Å². The Labute approximate surface area is 130 Å². The van der Waals surface area contributed by atoms with E-state index in [-0.39, 0.29) is 29.6 Å². The zero-order chi connectivity index (χ0) is 14.3. The summed E-state index contributed by atoms with van der Waals surface area (Å²) in [5.41, 5.74) is 0. The molecule has 0 amide bonds. The number of nitriles is 1. The minimum Gasteiger partial charge on any atom is -0.748 e. The van der Waals surface area contributed by atoms with Crippen LogP contribution in [0, 0.1) is 11.3 Å². The topological polar surface area (TPSA) is 107 Å². The average Bonchev–Trinajstić information content (AvgIpc) is 2.27. The van der Waals surface area contributed by atoms with Gasteiger partial charge in [-0.1, -0.05) is 19.2 Å². The summed E-state index contributed by atoms with van der Waals surface area (Å²) in [6, 6.07) is 1.69. The van der Waals surface area contributed by atoms with E-state index < -0.39 is 21.8 Å². The molecular formula is C10H14NNaO5S. The number of methoxy groups -OCH3 is 1. The van der Waals surface area contributed by atoms with Gasteiger partial charge >= 0.3 is 35.5 Å². The number of rotatable bonds is 3. The van der Waals surface area contributed by atoms with Gasteiger partial charge in [0, 0.05) is 12.2 Å². The molecule has 18 heavy (non-hydrogen) atoms. The van der Waals surface area contributed by atoms with E-state index in [0.29, 0.717) is 0 Å². The quantitative estimate of drug-likeness (QED) is 0.145. The molecule has 0 radical (unpaired) electrons. The summed E-state index contributed by atoms with van der Waals surface area (Å²) < 4.78 is 33.0. The largest absolute Gasteiger partial charge is 1.00 e. The van der Waals surface area contributed by atoms with Gasteiger partial charge < -0.3 is 9.29 Å². The summed E-state index contributed by atoms with van der Waals surface area (Å²) in [5, 5.41) is 7.51. The molecule has 0 atom stereocenters. The maximum absolute atomic E-state index is 9.84. The fourth-order valence-electron chi connectivity index (χ4n) is 0.228. The summed E-state index contributed by atoms with van der Waals surface area (Å²) in [7, 11) is -2.73. The molecule has 0 N–H and O–H groups in total. The molecule has 0 aliphatic heterocycles. The number of hydrogen-bond acceptors (Lipinski definition) is 6. The van der Waals surface area contributed by atoms with Crippen molar-refractivity contribution in [2.75, 3.05) is 12.9 Å². The first-order valence-corrected chi connectivity index (χ1v) is 5.62. The van der Waals surface area contributed by atoms with Crippen molar-refractivity contribution < 1.29 is 52.1 Å². The van der Waals surface area contributed by atoms with Crippen LogP contribution < -0.4 is 29.6 Å². The Kier molecular flexibility index (Phi) is 26.5. The van der Waals surface area contributed by atoms with E-state index in [1.807, 2.05) is 0 Å². The molecule has 0 heterocycles. The third kappa shape index (κ3) is 45.8. The maximum Gasteiger partial charge on any atom is 1.00 e. The number of carbonyl (C=O) groups is 1. The Hall–Kier alpha value is -0.910. The van der Waals surface area contributed by atoms with Gasteiger partial charge in [-0.2, -0.15) is 5.26 Å². The smallest absolute Gasteiger partial charge is 0.748 e. The Morgan fingerprint density at radius 1 is 1.44 bits per heavy atom. The van der Waals surface area contributed by atoms with Gasteiger partial charge in [0.05, 0.1) is 29.0 Å². The van der Waals surface area contributed by atoms with Crippen molar-refractivity contribution in [1.29, 1.82) is 5.26 Å². The number of nitrogens with zero attached hydrogens (tertiary/aromatic N) is 1. The van der Waals surface area contributed by atoms with Gasteiger partial charge in [0.2, 0.25) is 0 Å². The molecule has 8 heteroatoms. The molecular weight excluding hydrogens is 269 g/mol. The van der Waals surface area contributed by atoms with Crippen LogP contribution >= 0.6 is 0 Å². The van der Waals surface area contributed by atoms with Gasteiger partial charge in [-0.25, -0.2) is 13.2 Å². The molecule has 0 bridgehead atoms. The van der Waals surface area contributed by atoms with Gasteiger partial charge in [-0.3, -0.25) is 0 Å². The fraction of sp³-hybridized carbons (Fsp3) is 0.200. The van der Waals surface area contributed by atoms with Crippen LogP contribution in [0.15, 0.2) is 38.0 Å². The maximum atomic E-state index is 9.84. The first-order valence-electron chi connectivity index (χ1n) is 4.04. The van der Waals surface area contributed by atoms with Crippen molar-refractivity contribution in [2.45, 2.75) is 0 Å². The number of carbonyl (C=O) groups excluding carboxylic acids is 1. The fourth-order valence-corrected chi connectivity index (χ4v) is 0.516. The molecule has 0 aromatic heterocycles. The van der Waals surface area contributed by atoms with Crippen molar-refractivity contribution in [3.63, 3.8) is 0 Å². The van der Waals surface area contributed by atoms with Gasteiger partial charge in [-0.05, 0) is 0 Å². The van der Waals surface area contributed by atoms with E-state index in [0.717, 1.165) is 12.2 Å². The molecule has 0 aliphatic rings. The summed E-state index contributed by atoms with van der Waals surface area (Å²) in [4.78, 5) is 9.84. The Morgan fingerprint density at radius 3 is 1.83 bits per heavy atom. The van der Waals surface area contributed by atoms with Crippen LogP contribution in [0.4, 0.5) is 0 Å². The second kappa shape index (κ2) is 18.5. The van der Waals surface area contributed by atoms with Gasteiger partial charge in [0.1, 0.15) is 0 Å². The number of ether oxygens (including phenoxy) is 1. The van der Waals surface area contributed by atoms with E-state index in [2.05, 4.69) is 24.5 Å². The molecule has 6 nitrogen and oxygen atoms in total. The van der Waals surface area contributed by atoms with Crippen LogP contribution in [-0.2, 0) is 19.6 Å². The molecule has 0 saturated heterocycles. The third-order valence-corrected chi connectivity index (χ3v) is 1.43. The molecule has 0 saturated carbocycles.